The maximum absolute atomic E-state index is 5.90. The highest BCUT2D eigenvalue weighted by molar-refractivity contribution is 9.10. The van der Waals surface area contributed by atoms with Gasteiger partial charge in [0.15, 0.2) is 11.5 Å². The second-order valence-electron chi connectivity index (χ2n) is 5.00. The lowest BCUT2D eigenvalue weighted by atomic mass is 10.2. The first-order chi connectivity index (χ1) is 11.7. The van der Waals surface area contributed by atoms with Crippen LogP contribution in [0.3, 0.4) is 0 Å². The van der Waals surface area contributed by atoms with Gasteiger partial charge in [-0.25, -0.2) is 0 Å². The average molecular weight is 396 g/mol. The summed E-state index contributed by atoms with van der Waals surface area (Å²) < 4.78 is 23.1. The number of halogens is 1. The smallest absolute Gasteiger partial charge is 0.165 e. The highest BCUT2D eigenvalue weighted by Crippen LogP contribution is 2.34. The van der Waals surface area contributed by atoms with E-state index in [0.29, 0.717) is 25.5 Å². The van der Waals surface area contributed by atoms with E-state index in [1.165, 1.54) is 0 Å². The second-order valence-corrected chi connectivity index (χ2v) is 5.91. The van der Waals surface area contributed by atoms with Crippen LogP contribution < -0.4 is 24.3 Å². The molecule has 0 fully saturated rings. The Balaban J connectivity index is 1.95. The van der Waals surface area contributed by atoms with Gasteiger partial charge in [0.2, 0.25) is 0 Å². The van der Waals surface area contributed by atoms with Gasteiger partial charge in [-0.3, -0.25) is 0 Å². The summed E-state index contributed by atoms with van der Waals surface area (Å²) in [6, 6.07) is 11.4. The van der Waals surface area contributed by atoms with Gasteiger partial charge in [-0.15, -0.1) is 0 Å². The first kappa shape index (κ1) is 18.4. The van der Waals surface area contributed by atoms with Crippen molar-refractivity contribution in [3.8, 4) is 23.0 Å². The van der Waals surface area contributed by atoms with Crippen molar-refractivity contribution in [3.05, 3.63) is 46.4 Å². The zero-order valence-corrected chi connectivity index (χ0v) is 15.7. The molecule has 0 amide bonds. The Kier molecular flexibility index (Phi) is 7.21. The normalized spacial score (nSPS) is 10.3. The Morgan fingerprint density at radius 3 is 2.21 bits per heavy atom. The quantitative estimate of drug-likeness (QED) is 0.656. The third-order valence-electron chi connectivity index (χ3n) is 3.34. The topological polar surface area (TPSA) is 49.0 Å². The van der Waals surface area contributed by atoms with Gasteiger partial charge in [-0.05, 0) is 43.4 Å². The number of methoxy groups -OCH3 is 2. The molecule has 0 radical (unpaired) electrons. The Morgan fingerprint density at radius 2 is 1.58 bits per heavy atom. The molecule has 130 valence electrons. The van der Waals surface area contributed by atoms with Gasteiger partial charge >= 0.3 is 0 Å². The summed E-state index contributed by atoms with van der Waals surface area (Å²) in [6.45, 7) is 1.54. The number of ether oxygens (including phenoxy) is 4. The summed E-state index contributed by atoms with van der Waals surface area (Å²) in [7, 11) is 5.16. The van der Waals surface area contributed by atoms with E-state index in [1.54, 1.807) is 14.2 Å². The Morgan fingerprint density at radius 1 is 0.917 bits per heavy atom. The van der Waals surface area contributed by atoms with Crippen LogP contribution in [0.4, 0.5) is 0 Å². The molecule has 2 aromatic rings. The number of benzene rings is 2. The molecule has 24 heavy (non-hydrogen) atoms. The van der Waals surface area contributed by atoms with Crippen LogP contribution in [0.2, 0.25) is 0 Å². The Labute approximate surface area is 151 Å². The second kappa shape index (κ2) is 9.39. The largest absolute Gasteiger partial charge is 0.497 e. The van der Waals surface area contributed by atoms with E-state index in [1.807, 2.05) is 43.4 Å². The zero-order valence-electron chi connectivity index (χ0n) is 14.1. The Bertz CT molecular complexity index is 646. The standard InChI is InChI=1S/C18H22BrNO4/c1-20-12-13-10-14(19)11-17(22-3)18(13)24-9-8-23-16-6-4-15(21-2)5-7-16/h4-7,10-11,20H,8-9,12H2,1-3H3. The number of nitrogens with one attached hydrogen (secondary N) is 1. The van der Waals surface area contributed by atoms with Crippen molar-refractivity contribution in [1.29, 1.82) is 0 Å². The van der Waals surface area contributed by atoms with Gasteiger partial charge in [-0.2, -0.15) is 0 Å². The van der Waals surface area contributed by atoms with Crippen LogP contribution in [0.1, 0.15) is 5.56 Å². The molecule has 0 bridgehead atoms. The third-order valence-corrected chi connectivity index (χ3v) is 3.80. The molecular weight excluding hydrogens is 374 g/mol. The molecule has 0 atom stereocenters. The van der Waals surface area contributed by atoms with Gasteiger partial charge < -0.3 is 24.3 Å². The number of hydrogen-bond acceptors (Lipinski definition) is 5. The zero-order chi connectivity index (χ0) is 17.4. The highest BCUT2D eigenvalue weighted by atomic mass is 79.9. The van der Waals surface area contributed by atoms with Crippen molar-refractivity contribution in [1.82, 2.24) is 5.32 Å². The van der Waals surface area contributed by atoms with E-state index in [4.69, 9.17) is 18.9 Å². The van der Waals surface area contributed by atoms with Gasteiger partial charge in [0.05, 0.1) is 14.2 Å². The molecule has 5 nitrogen and oxygen atoms in total. The molecule has 0 heterocycles. The lowest BCUT2D eigenvalue weighted by Crippen LogP contribution is -2.13. The van der Waals surface area contributed by atoms with Crippen LogP contribution in [-0.4, -0.2) is 34.5 Å². The maximum atomic E-state index is 5.90. The minimum Gasteiger partial charge on any atom is -0.497 e. The lowest BCUT2D eigenvalue weighted by Gasteiger charge is -2.16. The van der Waals surface area contributed by atoms with Gasteiger partial charge in [0, 0.05) is 16.6 Å². The van der Waals surface area contributed by atoms with Crippen LogP contribution in [0, 0.1) is 0 Å². The predicted molar refractivity (Wildman–Crippen MR) is 97.4 cm³/mol. The molecule has 0 aliphatic carbocycles. The monoisotopic (exact) mass is 395 g/mol. The first-order valence-electron chi connectivity index (χ1n) is 7.58. The van der Waals surface area contributed by atoms with Crippen molar-refractivity contribution < 1.29 is 18.9 Å². The van der Waals surface area contributed by atoms with Crippen LogP contribution in [0.5, 0.6) is 23.0 Å². The molecule has 2 rings (SSSR count). The molecule has 2 aromatic carbocycles. The molecule has 1 N–H and O–H groups in total. The van der Waals surface area contributed by atoms with E-state index >= 15 is 0 Å². The third kappa shape index (κ3) is 5.04. The molecule has 0 aliphatic rings. The average Bonchev–Trinajstić information content (AvgIpc) is 2.60. The van der Waals surface area contributed by atoms with E-state index in [-0.39, 0.29) is 0 Å². The van der Waals surface area contributed by atoms with Crippen molar-refractivity contribution in [2.24, 2.45) is 0 Å². The Hall–Kier alpha value is -1.92. The molecular formula is C18H22BrNO4. The highest BCUT2D eigenvalue weighted by Gasteiger charge is 2.12. The summed E-state index contributed by atoms with van der Waals surface area (Å²) >= 11 is 3.48. The van der Waals surface area contributed by atoms with E-state index < -0.39 is 0 Å². The van der Waals surface area contributed by atoms with E-state index in [2.05, 4.69) is 21.2 Å². The van der Waals surface area contributed by atoms with E-state index in [0.717, 1.165) is 27.3 Å². The van der Waals surface area contributed by atoms with Crippen LogP contribution >= 0.6 is 15.9 Å². The lowest BCUT2D eigenvalue weighted by molar-refractivity contribution is 0.209. The number of rotatable bonds is 9. The van der Waals surface area contributed by atoms with Crippen molar-refractivity contribution in [2.45, 2.75) is 6.54 Å². The van der Waals surface area contributed by atoms with Gasteiger partial charge in [-0.1, -0.05) is 15.9 Å². The molecule has 0 aromatic heterocycles. The van der Waals surface area contributed by atoms with Crippen LogP contribution in [-0.2, 0) is 6.54 Å². The number of hydrogen-bond donors (Lipinski definition) is 1. The van der Waals surface area contributed by atoms with Gasteiger partial charge in [0.25, 0.3) is 0 Å². The van der Waals surface area contributed by atoms with Crippen molar-refractivity contribution >= 4 is 15.9 Å². The SMILES string of the molecule is CNCc1cc(Br)cc(OC)c1OCCOc1ccc(OC)cc1. The summed E-state index contributed by atoms with van der Waals surface area (Å²) in [4.78, 5) is 0. The van der Waals surface area contributed by atoms with Crippen molar-refractivity contribution in [3.63, 3.8) is 0 Å². The molecule has 0 spiro atoms. The summed E-state index contributed by atoms with van der Waals surface area (Å²) in [5.74, 6) is 3.00. The van der Waals surface area contributed by atoms with E-state index in [9.17, 15) is 0 Å². The molecule has 0 unspecified atom stereocenters. The summed E-state index contributed by atoms with van der Waals surface area (Å²) in [5.41, 5.74) is 1.02. The fraction of sp³-hybridized carbons (Fsp3) is 0.333. The molecule has 0 saturated heterocycles. The summed E-state index contributed by atoms with van der Waals surface area (Å²) in [6.07, 6.45) is 0. The van der Waals surface area contributed by atoms with Crippen molar-refractivity contribution in [2.75, 3.05) is 34.5 Å². The van der Waals surface area contributed by atoms with Gasteiger partial charge in [0.1, 0.15) is 24.7 Å². The first-order valence-corrected chi connectivity index (χ1v) is 8.38. The molecule has 6 heteroatoms. The fourth-order valence-electron chi connectivity index (χ4n) is 2.24. The fourth-order valence-corrected chi connectivity index (χ4v) is 2.72. The van der Waals surface area contributed by atoms with Crippen LogP contribution in [0.15, 0.2) is 40.9 Å². The maximum Gasteiger partial charge on any atom is 0.165 e. The molecule has 0 saturated carbocycles. The minimum atomic E-state index is 0.417. The molecule has 0 aliphatic heterocycles. The minimum absolute atomic E-state index is 0.417. The summed E-state index contributed by atoms with van der Waals surface area (Å²) in [5, 5.41) is 3.13. The predicted octanol–water partition coefficient (Wildman–Crippen LogP) is 3.64. The van der Waals surface area contributed by atoms with Crippen LogP contribution in [0.25, 0.3) is 0 Å².